The van der Waals surface area contributed by atoms with Crippen LogP contribution in [0, 0.1) is 0 Å². The van der Waals surface area contributed by atoms with Gasteiger partial charge in [0.1, 0.15) is 5.01 Å². The summed E-state index contributed by atoms with van der Waals surface area (Å²) in [5.74, 6) is 0.715. The Morgan fingerprint density at radius 2 is 2.15 bits per heavy atom. The summed E-state index contributed by atoms with van der Waals surface area (Å²) in [7, 11) is -3.20. The molecule has 0 N–H and O–H groups in total. The third-order valence-electron chi connectivity index (χ3n) is 4.52. The third-order valence-corrected chi connectivity index (χ3v) is 6.88. The largest absolute Gasteiger partial charge is 0.234 e. The van der Waals surface area contributed by atoms with E-state index in [1.54, 1.807) is 4.52 Å². The topological polar surface area (TPSA) is 80.5 Å². The van der Waals surface area contributed by atoms with E-state index in [0.717, 1.165) is 29.2 Å². The molecule has 27 heavy (non-hydrogen) atoms. The molecule has 1 fully saturated rings. The maximum atomic E-state index is 11.9. The molecule has 1 aliphatic heterocycles. The van der Waals surface area contributed by atoms with E-state index in [4.69, 9.17) is 11.6 Å². The minimum atomic E-state index is -3.20. The molecule has 1 atom stereocenters. The van der Waals surface area contributed by atoms with E-state index in [2.05, 4.69) is 15.3 Å². The Bertz CT molecular complexity index is 1110. The Morgan fingerprint density at radius 3 is 2.93 bits per heavy atom. The van der Waals surface area contributed by atoms with Crippen LogP contribution in [0.15, 0.2) is 24.3 Å². The quantitative estimate of drug-likeness (QED) is 0.643. The molecule has 0 bridgehead atoms. The fourth-order valence-corrected chi connectivity index (χ4v) is 5.06. The number of aromatic nitrogens is 4. The fraction of sp³-hybridized carbons (Fsp3) is 0.353. The van der Waals surface area contributed by atoms with Crippen molar-refractivity contribution in [2.75, 3.05) is 19.3 Å². The normalized spacial score (nSPS) is 19.3. The molecule has 4 rings (SSSR count). The lowest BCUT2D eigenvalue weighted by molar-refractivity contribution is 0.309. The van der Waals surface area contributed by atoms with Crippen LogP contribution in [0.25, 0.3) is 17.1 Å². The van der Waals surface area contributed by atoms with Gasteiger partial charge in [-0.2, -0.15) is 9.61 Å². The summed E-state index contributed by atoms with van der Waals surface area (Å²) in [6.45, 7) is 0.979. The lowest BCUT2D eigenvalue weighted by Gasteiger charge is -2.29. The first-order chi connectivity index (χ1) is 12.9. The Labute approximate surface area is 166 Å². The van der Waals surface area contributed by atoms with E-state index >= 15 is 0 Å². The van der Waals surface area contributed by atoms with Gasteiger partial charge in [0, 0.05) is 24.0 Å². The maximum Gasteiger partial charge on any atom is 0.234 e. The Balaban J connectivity index is 1.59. The predicted molar refractivity (Wildman–Crippen MR) is 107 cm³/mol. The van der Waals surface area contributed by atoms with E-state index in [1.165, 1.54) is 21.9 Å². The molecule has 3 aromatic rings. The summed E-state index contributed by atoms with van der Waals surface area (Å²) >= 11 is 7.45. The van der Waals surface area contributed by atoms with Crippen LogP contribution in [0.5, 0.6) is 0 Å². The van der Waals surface area contributed by atoms with Crippen LogP contribution in [0.4, 0.5) is 0 Å². The summed E-state index contributed by atoms with van der Waals surface area (Å²) < 4.78 is 27.0. The van der Waals surface area contributed by atoms with Gasteiger partial charge in [0.2, 0.25) is 15.0 Å². The van der Waals surface area contributed by atoms with Crippen molar-refractivity contribution in [3.63, 3.8) is 0 Å². The third kappa shape index (κ3) is 4.06. The summed E-state index contributed by atoms with van der Waals surface area (Å²) in [5.41, 5.74) is 0.991. The lowest BCUT2D eigenvalue weighted by Crippen LogP contribution is -2.38. The number of sulfonamides is 1. The molecule has 0 amide bonds. The molecule has 0 saturated carbocycles. The zero-order chi connectivity index (χ0) is 19.0. The number of hydrogen-bond donors (Lipinski definition) is 0. The highest BCUT2D eigenvalue weighted by Gasteiger charge is 2.30. The van der Waals surface area contributed by atoms with Crippen molar-refractivity contribution in [1.29, 1.82) is 0 Å². The van der Waals surface area contributed by atoms with Gasteiger partial charge in [-0.25, -0.2) is 12.7 Å². The van der Waals surface area contributed by atoms with Crippen molar-refractivity contribution in [2.45, 2.75) is 18.8 Å². The highest BCUT2D eigenvalue weighted by atomic mass is 35.5. The number of halogens is 1. The molecule has 1 unspecified atom stereocenters. The van der Waals surface area contributed by atoms with Gasteiger partial charge in [0.25, 0.3) is 0 Å². The highest BCUT2D eigenvalue weighted by molar-refractivity contribution is 7.88. The fourth-order valence-electron chi connectivity index (χ4n) is 3.20. The summed E-state index contributed by atoms with van der Waals surface area (Å²) in [6, 6.07) is 7.58. The first-order valence-electron chi connectivity index (χ1n) is 8.51. The molecular formula is C17H18ClN5O2S2. The van der Waals surface area contributed by atoms with E-state index in [0.29, 0.717) is 23.1 Å². The number of nitrogens with zero attached hydrogens (tertiary/aromatic N) is 5. The SMILES string of the molecule is CS(=O)(=O)N1CCCC(c2nnc3sc(C=Cc4cccc(Cl)c4)nn23)C1. The summed E-state index contributed by atoms with van der Waals surface area (Å²) in [5, 5.41) is 14.6. The van der Waals surface area contributed by atoms with Gasteiger partial charge in [-0.05, 0) is 36.6 Å². The molecule has 142 valence electrons. The second kappa shape index (κ2) is 7.31. The van der Waals surface area contributed by atoms with Crippen molar-refractivity contribution >= 4 is 50.1 Å². The molecule has 2 aromatic heterocycles. The summed E-state index contributed by atoms with van der Waals surface area (Å²) in [6.07, 6.45) is 6.79. The van der Waals surface area contributed by atoms with Gasteiger partial charge in [0.15, 0.2) is 5.82 Å². The second-order valence-electron chi connectivity index (χ2n) is 6.54. The van der Waals surface area contributed by atoms with Gasteiger partial charge in [-0.3, -0.25) is 0 Å². The van der Waals surface area contributed by atoms with Crippen molar-refractivity contribution in [1.82, 2.24) is 24.1 Å². The van der Waals surface area contributed by atoms with Gasteiger partial charge in [-0.1, -0.05) is 41.1 Å². The van der Waals surface area contributed by atoms with Crippen LogP contribution < -0.4 is 0 Å². The van der Waals surface area contributed by atoms with Crippen molar-refractivity contribution < 1.29 is 8.42 Å². The van der Waals surface area contributed by atoms with Crippen molar-refractivity contribution in [3.8, 4) is 0 Å². The molecule has 0 aliphatic carbocycles. The first kappa shape index (κ1) is 18.5. The van der Waals surface area contributed by atoms with E-state index < -0.39 is 10.0 Å². The standard InChI is InChI=1S/C17H18ClN5O2S2/c1-27(24,25)22-9-3-5-13(11-22)16-19-20-17-23(16)21-15(26-17)8-7-12-4-2-6-14(18)10-12/h2,4,6-8,10,13H,3,5,9,11H2,1H3. The van der Waals surface area contributed by atoms with Gasteiger partial charge in [0.05, 0.1) is 6.26 Å². The Kier molecular flexibility index (Phi) is 5.02. The van der Waals surface area contributed by atoms with Crippen LogP contribution in [-0.2, 0) is 10.0 Å². The zero-order valence-electron chi connectivity index (χ0n) is 14.6. The molecule has 10 heteroatoms. The van der Waals surface area contributed by atoms with Crippen LogP contribution in [-0.4, -0.2) is 51.9 Å². The number of fused-ring (bicyclic) bond motifs is 1. The number of piperidine rings is 1. The molecule has 1 saturated heterocycles. The Hall–Kier alpha value is -1.81. The monoisotopic (exact) mass is 423 g/mol. The minimum absolute atomic E-state index is 0.00432. The number of hydrogen-bond acceptors (Lipinski definition) is 6. The molecule has 0 radical (unpaired) electrons. The Morgan fingerprint density at radius 1 is 1.30 bits per heavy atom. The average molecular weight is 424 g/mol. The summed E-state index contributed by atoms with van der Waals surface area (Å²) in [4.78, 5) is 0.701. The molecule has 1 aromatic carbocycles. The van der Waals surface area contributed by atoms with E-state index in [1.807, 2.05) is 36.4 Å². The predicted octanol–water partition coefficient (Wildman–Crippen LogP) is 3.15. The van der Waals surface area contributed by atoms with Crippen LogP contribution >= 0.6 is 22.9 Å². The van der Waals surface area contributed by atoms with Gasteiger partial charge < -0.3 is 0 Å². The van der Waals surface area contributed by atoms with Crippen LogP contribution in [0.1, 0.15) is 35.2 Å². The minimum Gasteiger partial charge on any atom is -0.213 e. The zero-order valence-corrected chi connectivity index (χ0v) is 17.0. The average Bonchev–Trinajstić information content (AvgIpc) is 3.19. The lowest BCUT2D eigenvalue weighted by atomic mass is 9.99. The maximum absolute atomic E-state index is 11.9. The van der Waals surface area contributed by atoms with Gasteiger partial charge in [-0.15, -0.1) is 10.2 Å². The smallest absolute Gasteiger partial charge is 0.213 e. The number of rotatable bonds is 4. The number of benzene rings is 1. The second-order valence-corrected chi connectivity index (χ2v) is 9.95. The molecule has 3 heterocycles. The van der Waals surface area contributed by atoms with E-state index in [9.17, 15) is 8.42 Å². The first-order valence-corrected chi connectivity index (χ1v) is 11.6. The van der Waals surface area contributed by atoms with Crippen molar-refractivity contribution in [2.24, 2.45) is 0 Å². The molecule has 0 spiro atoms. The molecule has 7 nitrogen and oxygen atoms in total. The van der Waals surface area contributed by atoms with Crippen LogP contribution in [0.3, 0.4) is 0 Å². The highest BCUT2D eigenvalue weighted by Crippen LogP contribution is 2.28. The van der Waals surface area contributed by atoms with Crippen molar-refractivity contribution in [3.05, 3.63) is 45.7 Å². The van der Waals surface area contributed by atoms with Gasteiger partial charge >= 0.3 is 0 Å². The molecular weight excluding hydrogens is 406 g/mol. The van der Waals surface area contributed by atoms with Crippen LogP contribution in [0.2, 0.25) is 5.02 Å². The van der Waals surface area contributed by atoms with E-state index in [-0.39, 0.29) is 5.92 Å². The molecule has 1 aliphatic rings.